The topological polar surface area (TPSA) is 338 Å². The van der Waals surface area contributed by atoms with E-state index in [1.165, 1.54) is 33.9 Å². The van der Waals surface area contributed by atoms with Crippen LogP contribution in [0, 0.1) is 17.3 Å². The highest BCUT2D eigenvalue weighted by Gasteiger charge is 2.35. The fourth-order valence-electron chi connectivity index (χ4n) is 4.60. The molecule has 0 aliphatic rings. The summed E-state index contributed by atoms with van der Waals surface area (Å²) in [5.41, 5.74) is -0.811. The summed E-state index contributed by atoms with van der Waals surface area (Å²) in [5.74, 6) is -16.3. The smallest absolute Gasteiger partial charge is 0.326 e. The normalized spacial score (nSPS) is 12.7. The second kappa shape index (κ2) is 18.2. The first-order chi connectivity index (χ1) is 24.1. The van der Waals surface area contributed by atoms with Crippen LogP contribution in [0.4, 0.5) is 0 Å². The van der Waals surface area contributed by atoms with Gasteiger partial charge >= 0.3 is 35.8 Å². The number of nitrogens with zero attached hydrogens (tertiary/aromatic N) is 5. The van der Waals surface area contributed by atoms with Crippen molar-refractivity contribution in [3.63, 3.8) is 0 Å². The van der Waals surface area contributed by atoms with Crippen molar-refractivity contribution < 1.29 is 73.8 Å². The second-order valence-corrected chi connectivity index (χ2v) is 12.6. The predicted molar refractivity (Wildman–Crippen MR) is 169 cm³/mol. The molecule has 0 fully saturated rings. The van der Waals surface area contributed by atoms with Gasteiger partial charge in [-0.1, -0.05) is 20.8 Å². The summed E-state index contributed by atoms with van der Waals surface area (Å²) >= 11 is 0. The molecule has 2 aromatic heterocycles. The Kier molecular flexibility index (Phi) is 14.7. The van der Waals surface area contributed by atoms with E-state index in [2.05, 4.69) is 20.6 Å². The van der Waals surface area contributed by atoms with Gasteiger partial charge in [-0.05, 0) is 0 Å². The Morgan fingerprint density at radius 1 is 0.635 bits per heavy atom. The van der Waals surface area contributed by atoms with Crippen molar-refractivity contribution >= 4 is 53.4 Å². The zero-order chi connectivity index (χ0) is 39.5. The fourth-order valence-corrected chi connectivity index (χ4v) is 4.60. The average Bonchev–Trinajstić information content (AvgIpc) is 3.63. The largest absolute Gasteiger partial charge is 0.481 e. The average molecular weight is 738 g/mol. The lowest BCUT2D eigenvalue weighted by Crippen LogP contribution is -2.45. The molecule has 8 N–H and O–H groups in total. The minimum Gasteiger partial charge on any atom is -0.481 e. The Balaban J connectivity index is 2.26. The highest BCUT2D eigenvalue weighted by atomic mass is 16.4. The molecule has 2 amide bonds. The lowest BCUT2D eigenvalue weighted by molar-refractivity contribution is -0.158. The number of carboxylic acids is 6. The number of ketones is 1. The Morgan fingerprint density at radius 2 is 0.981 bits per heavy atom. The Hall–Kier alpha value is -6.19. The van der Waals surface area contributed by atoms with Crippen LogP contribution < -0.4 is 10.6 Å². The van der Waals surface area contributed by atoms with Gasteiger partial charge in [0, 0.05) is 43.0 Å². The minimum absolute atomic E-state index is 0.115. The van der Waals surface area contributed by atoms with Crippen molar-refractivity contribution in [1.82, 2.24) is 34.6 Å². The molecule has 2 rings (SSSR count). The third-order valence-corrected chi connectivity index (χ3v) is 7.57. The van der Waals surface area contributed by atoms with Gasteiger partial charge in [-0.3, -0.25) is 38.5 Å². The predicted octanol–water partition coefficient (Wildman–Crippen LogP) is -1.81. The van der Waals surface area contributed by atoms with Gasteiger partial charge in [0.1, 0.15) is 36.8 Å². The Morgan fingerprint density at radius 3 is 1.27 bits per heavy atom. The van der Waals surface area contributed by atoms with Crippen LogP contribution in [0.3, 0.4) is 0 Å². The molecule has 22 nitrogen and oxygen atoms in total. The van der Waals surface area contributed by atoms with Crippen LogP contribution in [-0.4, -0.2) is 127 Å². The van der Waals surface area contributed by atoms with Gasteiger partial charge in [0.2, 0.25) is 11.8 Å². The molecule has 0 unspecified atom stereocenters. The first-order valence-corrected chi connectivity index (χ1v) is 15.3. The van der Waals surface area contributed by atoms with Crippen molar-refractivity contribution in [3.05, 3.63) is 36.4 Å². The van der Waals surface area contributed by atoms with Crippen molar-refractivity contribution in [2.45, 2.75) is 71.9 Å². The van der Waals surface area contributed by atoms with Gasteiger partial charge in [-0.2, -0.15) is 0 Å². The monoisotopic (exact) mass is 737 g/mol. The van der Waals surface area contributed by atoms with Crippen LogP contribution in [0.1, 0.15) is 45.3 Å². The summed E-state index contributed by atoms with van der Waals surface area (Å²) in [4.78, 5) is 117. The standard InChI is InChI=1S/C30H39N7O15/c1-30(2,3)19(38)10-35(11-20-31-4-6-36(20)13-22(39)33-17(28(49)50)8-15(24(41)42)25(43)44)12-21-32-5-7-37(21)14-23(40)34-18(29(51)52)9-16(26(45)46)27(47)48/h4-7,15-18H,8-14H2,1-3H3,(H,33,39)(H,34,40)(H,41,42)(H,43,44)(H,45,46)(H,47,48)(H,49,50)(H,51,52)/t17-,18-/m0/s1. The number of carboxylic acid groups (broad SMARTS) is 6. The van der Waals surface area contributed by atoms with E-state index in [0.717, 1.165) is 0 Å². The quantitative estimate of drug-likeness (QED) is 0.0617. The van der Waals surface area contributed by atoms with E-state index in [-0.39, 0.29) is 37.1 Å². The third-order valence-electron chi connectivity index (χ3n) is 7.57. The summed E-state index contributed by atoms with van der Waals surface area (Å²) in [6.07, 6.45) is 3.51. The Labute approximate surface area is 294 Å². The van der Waals surface area contributed by atoms with Gasteiger partial charge in [0.05, 0.1) is 19.6 Å². The highest BCUT2D eigenvalue weighted by Crippen LogP contribution is 2.18. The number of nitrogens with one attached hydrogen (secondary N) is 2. The van der Waals surface area contributed by atoms with Crippen LogP contribution in [0.15, 0.2) is 24.8 Å². The van der Waals surface area contributed by atoms with E-state index in [4.69, 9.17) is 20.4 Å². The zero-order valence-electron chi connectivity index (χ0n) is 28.2. The number of Topliss-reactive ketones (excluding diaryl/α,β-unsaturated/α-hetero) is 1. The highest BCUT2D eigenvalue weighted by molar-refractivity contribution is 5.95. The van der Waals surface area contributed by atoms with Crippen molar-refractivity contribution in [1.29, 1.82) is 0 Å². The van der Waals surface area contributed by atoms with Gasteiger partial charge in [-0.25, -0.2) is 19.6 Å². The fraction of sp³-hybridized carbons (Fsp3) is 0.500. The van der Waals surface area contributed by atoms with Crippen molar-refractivity contribution in [3.8, 4) is 0 Å². The molecular weight excluding hydrogens is 698 g/mol. The first-order valence-electron chi connectivity index (χ1n) is 15.3. The number of rotatable bonds is 22. The molecular formula is C30H39N7O15. The van der Waals surface area contributed by atoms with E-state index in [1.807, 2.05) is 0 Å². The molecule has 0 saturated carbocycles. The van der Waals surface area contributed by atoms with Crippen LogP contribution in [0.25, 0.3) is 0 Å². The van der Waals surface area contributed by atoms with E-state index in [1.54, 1.807) is 25.7 Å². The number of hydrogen-bond acceptors (Lipinski definition) is 12. The first kappa shape index (κ1) is 42.0. The van der Waals surface area contributed by atoms with Crippen LogP contribution in [-0.2, 0) is 69.3 Å². The van der Waals surface area contributed by atoms with E-state index in [0.29, 0.717) is 0 Å². The molecule has 2 atom stereocenters. The summed E-state index contributed by atoms with van der Waals surface area (Å²) in [7, 11) is 0. The zero-order valence-corrected chi connectivity index (χ0v) is 28.2. The molecule has 0 bridgehead atoms. The van der Waals surface area contributed by atoms with E-state index < -0.39 is 103 Å². The van der Waals surface area contributed by atoms with Crippen LogP contribution >= 0.6 is 0 Å². The maximum atomic E-state index is 13.1. The van der Waals surface area contributed by atoms with Gasteiger partial charge in [0.15, 0.2) is 17.6 Å². The number of carbonyl (C=O) groups excluding carboxylic acids is 3. The number of amides is 2. The van der Waals surface area contributed by atoms with Gasteiger partial charge in [0.25, 0.3) is 0 Å². The molecule has 0 aromatic carbocycles. The molecule has 0 aliphatic heterocycles. The summed E-state index contributed by atoms with van der Waals surface area (Å²) in [6, 6.07) is -3.70. The number of carbonyl (C=O) groups is 9. The second-order valence-electron chi connectivity index (χ2n) is 12.6. The molecule has 2 heterocycles. The van der Waals surface area contributed by atoms with Crippen molar-refractivity contribution in [2.24, 2.45) is 17.3 Å². The maximum Gasteiger partial charge on any atom is 0.326 e. The van der Waals surface area contributed by atoms with Gasteiger partial charge in [-0.15, -0.1) is 0 Å². The molecule has 0 spiro atoms. The SMILES string of the molecule is CC(C)(C)C(=O)CN(Cc1nccn1CC(=O)N[C@@H](CC(C(=O)O)C(=O)O)C(=O)O)Cc1nccn1CC(=O)N[C@@H](CC(C(=O)O)C(=O)O)C(=O)O. The summed E-state index contributed by atoms with van der Waals surface area (Å²) < 4.78 is 2.62. The molecule has 284 valence electrons. The summed E-state index contributed by atoms with van der Waals surface area (Å²) in [6.45, 7) is 3.56. The number of aromatic nitrogens is 4. The molecule has 0 radical (unpaired) electrons. The Bertz CT molecular complexity index is 1560. The van der Waals surface area contributed by atoms with Crippen LogP contribution in [0.2, 0.25) is 0 Å². The lowest BCUT2D eigenvalue weighted by atomic mass is 9.90. The number of aliphatic carboxylic acids is 6. The number of imidazole rings is 2. The summed E-state index contributed by atoms with van der Waals surface area (Å²) in [5, 5.41) is 59.6. The van der Waals surface area contributed by atoms with E-state index >= 15 is 0 Å². The van der Waals surface area contributed by atoms with Crippen LogP contribution in [0.5, 0.6) is 0 Å². The minimum atomic E-state index is -2.10. The van der Waals surface area contributed by atoms with Crippen molar-refractivity contribution in [2.75, 3.05) is 6.54 Å². The van der Waals surface area contributed by atoms with E-state index in [9.17, 15) is 53.4 Å². The molecule has 52 heavy (non-hydrogen) atoms. The molecule has 0 aliphatic carbocycles. The molecule has 2 aromatic rings. The third kappa shape index (κ3) is 12.6. The van der Waals surface area contributed by atoms with Gasteiger partial charge < -0.3 is 50.4 Å². The molecule has 22 heteroatoms. The lowest BCUT2D eigenvalue weighted by Gasteiger charge is -2.26. The molecule has 0 saturated heterocycles. The number of hydrogen-bond donors (Lipinski definition) is 8. The maximum absolute atomic E-state index is 13.1.